The molecule has 6 nitrogen and oxygen atoms in total. The number of pyridine rings is 1. The van der Waals surface area contributed by atoms with E-state index in [9.17, 15) is 10.1 Å². The van der Waals surface area contributed by atoms with Gasteiger partial charge in [-0.25, -0.2) is 0 Å². The first-order valence-electron chi connectivity index (χ1n) is 5.34. The molecule has 0 unspecified atom stereocenters. The van der Waals surface area contributed by atoms with Crippen molar-refractivity contribution in [1.29, 1.82) is 0 Å². The number of nitrogen functional groups attached to an aromatic ring is 1. The summed E-state index contributed by atoms with van der Waals surface area (Å²) in [6, 6.07) is 9.95. The summed E-state index contributed by atoms with van der Waals surface area (Å²) in [4.78, 5) is 14.2. The van der Waals surface area contributed by atoms with Crippen LogP contribution in [0.1, 0.15) is 5.69 Å². The van der Waals surface area contributed by atoms with Crippen molar-refractivity contribution in [2.75, 3.05) is 11.1 Å². The monoisotopic (exact) mass is 244 g/mol. The second kappa shape index (κ2) is 5.13. The molecule has 0 bridgehead atoms. The maximum atomic E-state index is 10.6. The molecule has 0 amide bonds. The number of nitrogens with two attached hydrogens (primary N) is 1. The fourth-order valence-corrected chi connectivity index (χ4v) is 1.51. The molecule has 92 valence electrons. The van der Waals surface area contributed by atoms with E-state index in [1.807, 2.05) is 18.2 Å². The highest BCUT2D eigenvalue weighted by atomic mass is 16.6. The molecule has 1 aromatic heterocycles. The number of hydrogen-bond acceptors (Lipinski definition) is 5. The molecule has 18 heavy (non-hydrogen) atoms. The fraction of sp³-hybridized carbons (Fsp3) is 0.0833. The van der Waals surface area contributed by atoms with Crippen molar-refractivity contribution < 1.29 is 4.92 Å². The minimum Gasteiger partial charge on any atom is -0.397 e. The predicted octanol–water partition coefficient (Wildman–Crippen LogP) is 2.18. The third-order valence-corrected chi connectivity index (χ3v) is 2.43. The number of benzene rings is 1. The summed E-state index contributed by atoms with van der Waals surface area (Å²) >= 11 is 0. The van der Waals surface area contributed by atoms with Crippen molar-refractivity contribution in [3.05, 3.63) is 58.4 Å². The van der Waals surface area contributed by atoms with Gasteiger partial charge in [-0.2, -0.15) is 0 Å². The summed E-state index contributed by atoms with van der Waals surface area (Å²) in [6.07, 6.45) is 1.70. The smallest absolute Gasteiger partial charge is 0.271 e. The Bertz CT molecular complexity index is 557. The highest BCUT2D eigenvalue weighted by Gasteiger charge is 2.08. The first kappa shape index (κ1) is 11.8. The van der Waals surface area contributed by atoms with Crippen LogP contribution >= 0.6 is 0 Å². The highest BCUT2D eigenvalue weighted by molar-refractivity contribution is 5.69. The van der Waals surface area contributed by atoms with Gasteiger partial charge in [-0.15, -0.1) is 0 Å². The molecule has 2 rings (SSSR count). The molecule has 1 aromatic carbocycles. The second-order valence-electron chi connectivity index (χ2n) is 3.70. The lowest BCUT2D eigenvalue weighted by atomic mass is 10.2. The fourth-order valence-electron chi connectivity index (χ4n) is 1.51. The zero-order valence-electron chi connectivity index (χ0n) is 9.54. The summed E-state index contributed by atoms with van der Waals surface area (Å²) in [7, 11) is 0. The molecule has 6 heteroatoms. The third kappa shape index (κ3) is 2.73. The molecular weight excluding hydrogens is 232 g/mol. The zero-order chi connectivity index (χ0) is 13.0. The Labute approximate surface area is 104 Å². The number of nitrogens with one attached hydrogen (secondary N) is 1. The van der Waals surface area contributed by atoms with E-state index in [2.05, 4.69) is 10.3 Å². The van der Waals surface area contributed by atoms with E-state index in [1.54, 1.807) is 12.3 Å². The van der Waals surface area contributed by atoms with Gasteiger partial charge >= 0.3 is 0 Å². The Kier molecular flexibility index (Phi) is 3.38. The van der Waals surface area contributed by atoms with Crippen molar-refractivity contribution in [2.45, 2.75) is 6.54 Å². The van der Waals surface area contributed by atoms with Crippen molar-refractivity contribution >= 4 is 17.1 Å². The number of aromatic nitrogens is 1. The standard InChI is InChI=1S/C12H12N4O2/c13-11-7-10(16(17)18)4-5-12(11)15-8-9-3-1-2-6-14-9/h1-7,15H,8,13H2. The molecule has 0 fully saturated rings. The number of rotatable bonds is 4. The molecule has 0 aliphatic carbocycles. The van der Waals surface area contributed by atoms with E-state index in [0.717, 1.165) is 5.69 Å². The van der Waals surface area contributed by atoms with Crippen LogP contribution in [0.5, 0.6) is 0 Å². The van der Waals surface area contributed by atoms with E-state index in [4.69, 9.17) is 5.73 Å². The average molecular weight is 244 g/mol. The molecule has 0 aliphatic rings. The Morgan fingerprint density at radius 1 is 1.33 bits per heavy atom. The number of anilines is 2. The van der Waals surface area contributed by atoms with Gasteiger partial charge in [0.1, 0.15) is 0 Å². The Morgan fingerprint density at radius 2 is 2.17 bits per heavy atom. The van der Waals surface area contributed by atoms with Gasteiger partial charge in [-0.1, -0.05) is 6.07 Å². The molecule has 0 saturated heterocycles. The maximum Gasteiger partial charge on any atom is 0.271 e. The van der Waals surface area contributed by atoms with Crippen LogP contribution < -0.4 is 11.1 Å². The molecule has 0 atom stereocenters. The van der Waals surface area contributed by atoms with Crippen molar-refractivity contribution in [2.24, 2.45) is 0 Å². The average Bonchev–Trinajstić information content (AvgIpc) is 2.38. The van der Waals surface area contributed by atoms with Crippen LogP contribution in [-0.4, -0.2) is 9.91 Å². The lowest BCUT2D eigenvalue weighted by molar-refractivity contribution is -0.384. The summed E-state index contributed by atoms with van der Waals surface area (Å²) in [5, 5.41) is 13.6. The van der Waals surface area contributed by atoms with Gasteiger partial charge < -0.3 is 11.1 Å². The maximum absolute atomic E-state index is 10.6. The van der Waals surface area contributed by atoms with Gasteiger partial charge in [-0.05, 0) is 18.2 Å². The van der Waals surface area contributed by atoms with Gasteiger partial charge in [0.25, 0.3) is 5.69 Å². The van der Waals surface area contributed by atoms with Crippen molar-refractivity contribution in [3.8, 4) is 0 Å². The molecule has 2 aromatic rings. The van der Waals surface area contributed by atoms with Gasteiger partial charge in [0.05, 0.1) is 28.5 Å². The number of nitro benzene ring substituents is 1. The van der Waals surface area contributed by atoms with Crippen LogP contribution in [0.25, 0.3) is 0 Å². The summed E-state index contributed by atoms with van der Waals surface area (Å²) in [5.41, 5.74) is 7.59. The number of hydrogen-bond donors (Lipinski definition) is 2. The Morgan fingerprint density at radius 3 is 2.78 bits per heavy atom. The number of nitrogens with zero attached hydrogens (tertiary/aromatic N) is 2. The van der Waals surface area contributed by atoms with E-state index >= 15 is 0 Å². The molecule has 0 saturated carbocycles. The first-order valence-corrected chi connectivity index (χ1v) is 5.34. The zero-order valence-corrected chi connectivity index (χ0v) is 9.54. The lowest BCUT2D eigenvalue weighted by Crippen LogP contribution is -2.04. The Hall–Kier alpha value is -2.63. The van der Waals surface area contributed by atoms with Gasteiger partial charge in [-0.3, -0.25) is 15.1 Å². The Balaban J connectivity index is 2.08. The summed E-state index contributed by atoms with van der Waals surface area (Å²) in [6.45, 7) is 0.517. The molecule has 3 N–H and O–H groups in total. The highest BCUT2D eigenvalue weighted by Crippen LogP contribution is 2.24. The number of nitro groups is 1. The minimum atomic E-state index is -0.473. The van der Waals surface area contributed by atoms with E-state index in [1.165, 1.54) is 12.1 Å². The first-order chi connectivity index (χ1) is 8.66. The molecule has 1 heterocycles. The SMILES string of the molecule is Nc1cc([N+](=O)[O-])ccc1NCc1ccccn1. The summed E-state index contributed by atoms with van der Waals surface area (Å²) < 4.78 is 0. The van der Waals surface area contributed by atoms with E-state index in [0.29, 0.717) is 17.9 Å². The van der Waals surface area contributed by atoms with Gasteiger partial charge in [0.15, 0.2) is 0 Å². The van der Waals surface area contributed by atoms with Crippen LogP contribution in [0.4, 0.5) is 17.1 Å². The largest absolute Gasteiger partial charge is 0.397 e. The second-order valence-corrected chi connectivity index (χ2v) is 3.70. The van der Waals surface area contributed by atoms with E-state index < -0.39 is 4.92 Å². The third-order valence-electron chi connectivity index (χ3n) is 2.43. The van der Waals surface area contributed by atoms with Crippen LogP contribution in [0.15, 0.2) is 42.6 Å². The molecular formula is C12H12N4O2. The summed E-state index contributed by atoms with van der Waals surface area (Å²) in [5.74, 6) is 0. The molecule has 0 aliphatic heterocycles. The lowest BCUT2D eigenvalue weighted by Gasteiger charge is -2.08. The quantitative estimate of drug-likeness (QED) is 0.488. The van der Waals surface area contributed by atoms with Crippen molar-refractivity contribution in [3.63, 3.8) is 0 Å². The topological polar surface area (TPSA) is 94.1 Å². The van der Waals surface area contributed by atoms with Crippen LogP contribution in [0, 0.1) is 10.1 Å². The van der Waals surface area contributed by atoms with Gasteiger partial charge in [0, 0.05) is 18.3 Å². The van der Waals surface area contributed by atoms with Crippen LogP contribution in [-0.2, 0) is 6.54 Å². The van der Waals surface area contributed by atoms with Crippen molar-refractivity contribution in [1.82, 2.24) is 4.98 Å². The van der Waals surface area contributed by atoms with Gasteiger partial charge in [0.2, 0.25) is 0 Å². The van der Waals surface area contributed by atoms with E-state index in [-0.39, 0.29) is 5.69 Å². The molecule has 0 spiro atoms. The van der Waals surface area contributed by atoms with Crippen LogP contribution in [0.3, 0.4) is 0 Å². The normalized spacial score (nSPS) is 10.0. The number of non-ortho nitro benzene ring substituents is 1. The predicted molar refractivity (Wildman–Crippen MR) is 69.1 cm³/mol. The van der Waals surface area contributed by atoms with Crippen LogP contribution in [0.2, 0.25) is 0 Å². The minimum absolute atomic E-state index is 0.0177. The molecule has 0 radical (unpaired) electrons.